The summed E-state index contributed by atoms with van der Waals surface area (Å²) in [5.74, 6) is 1.90. The number of hydrogen-bond donors (Lipinski definition) is 2. The molecule has 3 rings (SSSR count). The fraction of sp³-hybridized carbons (Fsp3) is 0.609. The Kier molecular flexibility index (Phi) is 8.68. The second kappa shape index (κ2) is 11.7. The van der Waals surface area contributed by atoms with Crippen molar-refractivity contribution >= 4 is 5.96 Å². The molecule has 1 saturated heterocycles. The number of aryl methyl sites for hydroxylation is 1. The van der Waals surface area contributed by atoms with E-state index < -0.39 is 0 Å². The molecule has 2 aromatic rings. The monoisotopic (exact) mass is 411 g/mol. The lowest BCUT2D eigenvalue weighted by molar-refractivity contribution is 0.206. The van der Waals surface area contributed by atoms with Crippen molar-refractivity contribution in [3.63, 3.8) is 0 Å². The van der Waals surface area contributed by atoms with E-state index in [1.165, 1.54) is 18.5 Å². The van der Waals surface area contributed by atoms with Gasteiger partial charge in [0.2, 0.25) is 0 Å². The lowest BCUT2D eigenvalue weighted by Gasteiger charge is -2.33. The number of rotatable bonds is 9. The van der Waals surface area contributed by atoms with Gasteiger partial charge in [-0.1, -0.05) is 44.2 Å². The van der Waals surface area contributed by atoms with E-state index in [1.807, 2.05) is 0 Å². The summed E-state index contributed by atoms with van der Waals surface area (Å²) >= 11 is 0. The van der Waals surface area contributed by atoms with Crippen molar-refractivity contribution in [1.29, 1.82) is 0 Å². The Balaban J connectivity index is 1.62. The number of piperidine rings is 1. The number of likely N-dealkylation sites (tertiary alicyclic amines) is 1. The summed E-state index contributed by atoms with van der Waals surface area (Å²) in [6.45, 7) is 11.5. The zero-order valence-corrected chi connectivity index (χ0v) is 18.7. The summed E-state index contributed by atoms with van der Waals surface area (Å²) in [6, 6.07) is 11.2. The van der Waals surface area contributed by atoms with Gasteiger partial charge in [0.25, 0.3) is 0 Å². The minimum absolute atomic E-state index is 0.193. The summed E-state index contributed by atoms with van der Waals surface area (Å²) in [5, 5.41) is 15.5. The second-order valence-electron chi connectivity index (χ2n) is 8.06. The highest BCUT2D eigenvalue weighted by Crippen LogP contribution is 2.13. The minimum Gasteiger partial charge on any atom is -0.354 e. The van der Waals surface area contributed by atoms with Crippen LogP contribution in [-0.2, 0) is 13.0 Å². The third kappa shape index (κ3) is 6.55. The molecular weight excluding hydrogens is 374 g/mol. The van der Waals surface area contributed by atoms with E-state index in [4.69, 9.17) is 4.99 Å². The van der Waals surface area contributed by atoms with Crippen molar-refractivity contribution in [1.82, 2.24) is 30.3 Å². The number of nitrogens with one attached hydrogen (secondary N) is 2. The summed E-state index contributed by atoms with van der Waals surface area (Å²) < 4.78 is 2.09. The molecule has 0 aliphatic carbocycles. The van der Waals surface area contributed by atoms with Crippen molar-refractivity contribution in [3.8, 4) is 0 Å². The third-order valence-electron chi connectivity index (χ3n) is 5.74. The third-order valence-corrected chi connectivity index (χ3v) is 5.74. The van der Waals surface area contributed by atoms with E-state index in [0.29, 0.717) is 12.6 Å². The number of guanidine groups is 1. The first kappa shape index (κ1) is 22.3. The molecule has 1 fully saturated rings. The highest BCUT2D eigenvalue weighted by Gasteiger charge is 2.20. The second-order valence-corrected chi connectivity index (χ2v) is 8.06. The van der Waals surface area contributed by atoms with Gasteiger partial charge in [0.05, 0.1) is 12.6 Å². The summed E-state index contributed by atoms with van der Waals surface area (Å²) in [4.78, 5) is 7.46. The standard InChI is InChI=1S/C23H37N7/c1-4-14-29-15-11-21(12-16-29)27-23(26-19(3)20-9-7-6-8-10-20)24-13-17-30-18-25-28-22(30)5-2/h6-10,18-19,21H,4-5,11-17H2,1-3H3,(H2,24,26,27). The van der Waals surface area contributed by atoms with Crippen LogP contribution in [0.15, 0.2) is 41.7 Å². The van der Waals surface area contributed by atoms with E-state index in [9.17, 15) is 0 Å². The van der Waals surface area contributed by atoms with Crippen molar-refractivity contribution in [2.45, 2.75) is 65.1 Å². The molecule has 2 N–H and O–H groups in total. The van der Waals surface area contributed by atoms with Crippen LogP contribution in [-0.4, -0.2) is 57.8 Å². The highest BCUT2D eigenvalue weighted by molar-refractivity contribution is 5.80. The van der Waals surface area contributed by atoms with E-state index in [0.717, 1.165) is 50.7 Å². The van der Waals surface area contributed by atoms with Crippen LogP contribution < -0.4 is 10.6 Å². The highest BCUT2D eigenvalue weighted by atomic mass is 15.3. The average Bonchev–Trinajstić information content (AvgIpc) is 3.23. The molecule has 1 unspecified atom stereocenters. The number of aliphatic imine (C=N–C) groups is 1. The van der Waals surface area contributed by atoms with Crippen LogP contribution in [0.25, 0.3) is 0 Å². The van der Waals surface area contributed by atoms with Gasteiger partial charge >= 0.3 is 0 Å². The molecule has 7 heteroatoms. The maximum absolute atomic E-state index is 4.89. The minimum atomic E-state index is 0.193. The zero-order chi connectivity index (χ0) is 21.2. The van der Waals surface area contributed by atoms with E-state index >= 15 is 0 Å². The summed E-state index contributed by atoms with van der Waals surface area (Å²) in [7, 11) is 0. The molecule has 1 atom stereocenters. The van der Waals surface area contributed by atoms with E-state index in [-0.39, 0.29) is 6.04 Å². The Labute approximate surface area is 181 Å². The molecule has 7 nitrogen and oxygen atoms in total. The molecule has 1 aromatic carbocycles. The fourth-order valence-electron chi connectivity index (χ4n) is 3.98. The quantitative estimate of drug-likeness (QED) is 0.490. The van der Waals surface area contributed by atoms with Gasteiger partial charge in [-0.2, -0.15) is 0 Å². The first-order valence-corrected chi connectivity index (χ1v) is 11.4. The van der Waals surface area contributed by atoms with Gasteiger partial charge < -0.3 is 20.1 Å². The number of benzene rings is 1. The van der Waals surface area contributed by atoms with Gasteiger partial charge in [0, 0.05) is 32.1 Å². The maximum atomic E-state index is 4.89. The van der Waals surface area contributed by atoms with Crippen LogP contribution in [0.5, 0.6) is 0 Å². The van der Waals surface area contributed by atoms with Crippen LogP contribution >= 0.6 is 0 Å². The van der Waals surface area contributed by atoms with Gasteiger partial charge in [-0.15, -0.1) is 10.2 Å². The lowest BCUT2D eigenvalue weighted by Crippen LogP contribution is -2.49. The molecule has 0 amide bonds. The molecular formula is C23H37N7. The van der Waals surface area contributed by atoms with Crippen molar-refractivity contribution in [2.75, 3.05) is 26.2 Å². The van der Waals surface area contributed by atoms with Crippen LogP contribution in [0.3, 0.4) is 0 Å². The average molecular weight is 412 g/mol. The molecule has 0 spiro atoms. The van der Waals surface area contributed by atoms with E-state index in [1.54, 1.807) is 6.33 Å². The topological polar surface area (TPSA) is 70.4 Å². The lowest BCUT2D eigenvalue weighted by atomic mass is 10.0. The largest absolute Gasteiger partial charge is 0.354 e. The van der Waals surface area contributed by atoms with Crippen molar-refractivity contribution < 1.29 is 0 Å². The Hall–Kier alpha value is -2.41. The van der Waals surface area contributed by atoms with Crippen LogP contribution in [0.1, 0.15) is 57.5 Å². The normalized spacial score (nSPS) is 17.1. The Morgan fingerprint density at radius 3 is 2.63 bits per heavy atom. The fourth-order valence-corrected chi connectivity index (χ4v) is 3.98. The van der Waals surface area contributed by atoms with Crippen molar-refractivity contribution in [2.24, 2.45) is 4.99 Å². The molecule has 164 valence electrons. The SMILES string of the molecule is CCCN1CCC(NC(=NCCn2cnnc2CC)NC(C)c2ccccc2)CC1. The van der Waals surface area contributed by atoms with Crippen molar-refractivity contribution in [3.05, 3.63) is 48.0 Å². The van der Waals surface area contributed by atoms with Gasteiger partial charge in [-0.3, -0.25) is 4.99 Å². The Morgan fingerprint density at radius 2 is 1.93 bits per heavy atom. The number of aromatic nitrogens is 3. The zero-order valence-electron chi connectivity index (χ0n) is 18.7. The predicted molar refractivity (Wildman–Crippen MR) is 123 cm³/mol. The first-order chi connectivity index (χ1) is 14.7. The predicted octanol–water partition coefficient (Wildman–Crippen LogP) is 3.01. The summed E-state index contributed by atoms with van der Waals surface area (Å²) in [5.41, 5.74) is 1.26. The van der Waals surface area contributed by atoms with Crippen LogP contribution in [0.4, 0.5) is 0 Å². The van der Waals surface area contributed by atoms with E-state index in [2.05, 4.69) is 81.4 Å². The molecule has 0 saturated carbocycles. The first-order valence-electron chi connectivity index (χ1n) is 11.4. The molecule has 0 bridgehead atoms. The van der Waals surface area contributed by atoms with Gasteiger partial charge in [0.1, 0.15) is 12.2 Å². The molecule has 30 heavy (non-hydrogen) atoms. The molecule has 1 aliphatic rings. The molecule has 2 heterocycles. The van der Waals surface area contributed by atoms with Gasteiger partial charge in [0.15, 0.2) is 5.96 Å². The number of nitrogens with zero attached hydrogens (tertiary/aromatic N) is 5. The summed E-state index contributed by atoms with van der Waals surface area (Å²) in [6.07, 6.45) is 6.22. The smallest absolute Gasteiger partial charge is 0.192 e. The molecule has 1 aromatic heterocycles. The molecule has 0 radical (unpaired) electrons. The van der Waals surface area contributed by atoms with Gasteiger partial charge in [-0.05, 0) is 38.3 Å². The van der Waals surface area contributed by atoms with Crippen LogP contribution in [0, 0.1) is 0 Å². The maximum Gasteiger partial charge on any atom is 0.192 e. The number of hydrogen-bond acceptors (Lipinski definition) is 4. The Bertz CT molecular complexity index is 763. The van der Waals surface area contributed by atoms with Crippen LogP contribution in [0.2, 0.25) is 0 Å². The van der Waals surface area contributed by atoms with Gasteiger partial charge in [-0.25, -0.2) is 0 Å². The Morgan fingerprint density at radius 1 is 1.17 bits per heavy atom. The molecule has 1 aliphatic heterocycles.